The van der Waals surface area contributed by atoms with Crippen molar-refractivity contribution in [1.29, 1.82) is 0 Å². The number of carbonyl (C=O) groups is 2. The van der Waals surface area contributed by atoms with Crippen molar-refractivity contribution in [2.24, 2.45) is 11.3 Å². The number of nitrogens with one attached hydrogen (secondary N) is 2. The van der Waals surface area contributed by atoms with Gasteiger partial charge in [0, 0.05) is 6.04 Å². The van der Waals surface area contributed by atoms with Crippen LogP contribution in [0.1, 0.15) is 65.6 Å². The Bertz CT molecular complexity index is 742. The zero-order valence-corrected chi connectivity index (χ0v) is 18.4. The van der Waals surface area contributed by atoms with Gasteiger partial charge >= 0.3 is 11.9 Å². The number of hydrogen-bond acceptors (Lipinski definition) is 6. The smallest absolute Gasteiger partial charge is 0.348 e. The fraction of sp³-hybridized carbons (Fsp3) is 0.632. The molecule has 8 heteroatoms. The van der Waals surface area contributed by atoms with E-state index in [4.69, 9.17) is 21.7 Å². The second kappa shape index (κ2) is 8.56. The molecule has 0 radical (unpaired) electrons. The van der Waals surface area contributed by atoms with Gasteiger partial charge in [0.15, 0.2) is 5.11 Å². The van der Waals surface area contributed by atoms with Crippen molar-refractivity contribution in [3.63, 3.8) is 0 Å². The number of methoxy groups -OCH3 is 2. The van der Waals surface area contributed by atoms with Crippen LogP contribution in [0.4, 0.5) is 5.00 Å². The number of ether oxygens (including phenoxy) is 2. The summed E-state index contributed by atoms with van der Waals surface area (Å²) in [5, 5.41) is 7.38. The van der Waals surface area contributed by atoms with Crippen molar-refractivity contribution in [2.45, 2.75) is 53.0 Å². The highest BCUT2D eigenvalue weighted by molar-refractivity contribution is 7.80. The monoisotopic (exact) mass is 412 g/mol. The van der Waals surface area contributed by atoms with Crippen molar-refractivity contribution in [1.82, 2.24) is 5.32 Å². The van der Waals surface area contributed by atoms with Crippen molar-refractivity contribution in [2.75, 3.05) is 19.5 Å². The van der Waals surface area contributed by atoms with E-state index >= 15 is 0 Å². The molecule has 0 amide bonds. The van der Waals surface area contributed by atoms with E-state index in [1.807, 2.05) is 0 Å². The second-order valence-corrected chi connectivity index (χ2v) is 9.38. The normalized spacial score (nSPS) is 21.3. The molecule has 2 atom stereocenters. The molecule has 1 heterocycles. The maximum atomic E-state index is 12.2. The minimum Gasteiger partial charge on any atom is -0.465 e. The summed E-state index contributed by atoms with van der Waals surface area (Å²) in [6.45, 7) is 8.50. The molecule has 0 spiro atoms. The summed E-state index contributed by atoms with van der Waals surface area (Å²) in [5.74, 6) is -0.386. The van der Waals surface area contributed by atoms with Crippen LogP contribution in [0, 0.1) is 18.3 Å². The van der Waals surface area contributed by atoms with Gasteiger partial charge < -0.3 is 20.1 Å². The number of esters is 2. The summed E-state index contributed by atoms with van der Waals surface area (Å²) < 4.78 is 9.67. The van der Waals surface area contributed by atoms with Crippen molar-refractivity contribution in [3.8, 4) is 0 Å². The first kappa shape index (κ1) is 21.6. The maximum absolute atomic E-state index is 12.2. The number of thiocarbonyl (C=S) groups is 1. The summed E-state index contributed by atoms with van der Waals surface area (Å²) in [6, 6.07) is 0.270. The van der Waals surface area contributed by atoms with E-state index in [0.29, 0.717) is 32.0 Å². The Hall–Kier alpha value is -1.67. The van der Waals surface area contributed by atoms with Gasteiger partial charge in [0.1, 0.15) is 9.88 Å². The lowest BCUT2D eigenvalue weighted by molar-refractivity contribution is 0.0601. The van der Waals surface area contributed by atoms with E-state index in [-0.39, 0.29) is 11.5 Å². The first-order chi connectivity index (χ1) is 12.6. The maximum Gasteiger partial charge on any atom is 0.348 e. The third kappa shape index (κ3) is 5.19. The fourth-order valence-electron chi connectivity index (χ4n) is 4.02. The highest BCUT2D eigenvalue weighted by Gasteiger charge is 2.32. The highest BCUT2D eigenvalue weighted by atomic mass is 32.1. The Labute approximate surface area is 170 Å². The van der Waals surface area contributed by atoms with Crippen LogP contribution in [-0.4, -0.2) is 37.3 Å². The predicted octanol–water partition coefficient (Wildman–Crippen LogP) is 4.13. The molecule has 0 bridgehead atoms. The van der Waals surface area contributed by atoms with Gasteiger partial charge in [-0.2, -0.15) is 0 Å². The van der Waals surface area contributed by atoms with Crippen LogP contribution in [0.3, 0.4) is 0 Å². The molecule has 1 aliphatic rings. The third-order valence-electron chi connectivity index (χ3n) is 4.86. The van der Waals surface area contributed by atoms with Gasteiger partial charge in [-0.25, -0.2) is 9.59 Å². The molecule has 0 aliphatic heterocycles. The van der Waals surface area contributed by atoms with Gasteiger partial charge in [0.05, 0.1) is 19.8 Å². The summed E-state index contributed by atoms with van der Waals surface area (Å²) in [7, 11) is 2.62. The van der Waals surface area contributed by atoms with Gasteiger partial charge in [0.25, 0.3) is 0 Å². The van der Waals surface area contributed by atoms with Crippen LogP contribution in [0.15, 0.2) is 0 Å². The number of anilines is 1. The molecule has 1 aromatic rings. The summed E-state index contributed by atoms with van der Waals surface area (Å²) >= 11 is 6.61. The number of hydrogen-bond donors (Lipinski definition) is 2. The quantitative estimate of drug-likeness (QED) is 0.569. The molecule has 0 saturated heterocycles. The highest BCUT2D eigenvalue weighted by Crippen LogP contribution is 2.39. The standard InChI is InChI=1S/C19H28N2O4S2/c1-10-7-12(9-19(3,4)8-10)20-18(26)21-15-13(16(22)24-5)11(2)14(27-15)17(23)25-6/h10,12H,7-9H2,1-6H3,(H2,20,21,26). The minimum absolute atomic E-state index is 0.264. The van der Waals surface area contributed by atoms with Crippen LogP contribution < -0.4 is 10.6 Å². The van der Waals surface area contributed by atoms with E-state index in [9.17, 15) is 9.59 Å². The molecule has 150 valence electrons. The predicted molar refractivity (Wildman–Crippen MR) is 112 cm³/mol. The fourth-order valence-corrected chi connectivity index (χ4v) is 5.47. The van der Waals surface area contributed by atoms with Gasteiger partial charge in [-0.05, 0) is 55.3 Å². The topological polar surface area (TPSA) is 76.7 Å². The first-order valence-electron chi connectivity index (χ1n) is 8.95. The van der Waals surface area contributed by atoms with Crippen LogP contribution in [-0.2, 0) is 9.47 Å². The summed E-state index contributed by atoms with van der Waals surface area (Å²) in [6.07, 6.45) is 3.27. The Morgan fingerprint density at radius 3 is 2.37 bits per heavy atom. The molecule has 0 aromatic carbocycles. The van der Waals surface area contributed by atoms with E-state index in [0.717, 1.165) is 24.2 Å². The lowest BCUT2D eigenvalue weighted by Gasteiger charge is -2.39. The average molecular weight is 413 g/mol. The Morgan fingerprint density at radius 1 is 1.19 bits per heavy atom. The molecule has 2 unspecified atom stereocenters. The number of carbonyl (C=O) groups excluding carboxylic acids is 2. The van der Waals surface area contributed by atoms with E-state index < -0.39 is 11.9 Å². The lowest BCUT2D eigenvalue weighted by Crippen LogP contribution is -2.44. The van der Waals surface area contributed by atoms with Gasteiger partial charge in [-0.15, -0.1) is 11.3 Å². The van der Waals surface area contributed by atoms with Crippen molar-refractivity contribution >= 4 is 45.6 Å². The van der Waals surface area contributed by atoms with Gasteiger partial charge in [-0.1, -0.05) is 20.8 Å². The first-order valence-corrected chi connectivity index (χ1v) is 10.2. The second-order valence-electron chi connectivity index (χ2n) is 7.95. The molecule has 2 N–H and O–H groups in total. The SMILES string of the molecule is COC(=O)c1sc(NC(=S)NC2CC(C)CC(C)(C)C2)c(C(=O)OC)c1C. The van der Waals surface area contributed by atoms with Crippen LogP contribution in [0.5, 0.6) is 0 Å². The summed E-state index contributed by atoms with van der Waals surface area (Å²) in [5.41, 5.74) is 1.10. The van der Waals surface area contributed by atoms with E-state index in [2.05, 4.69) is 31.4 Å². The number of thiophene rings is 1. The Morgan fingerprint density at radius 2 is 1.81 bits per heavy atom. The van der Waals surface area contributed by atoms with Crippen molar-refractivity contribution < 1.29 is 19.1 Å². The largest absolute Gasteiger partial charge is 0.465 e. The Balaban J connectivity index is 2.19. The van der Waals surface area contributed by atoms with Crippen LogP contribution >= 0.6 is 23.6 Å². The third-order valence-corrected chi connectivity index (χ3v) is 6.26. The van der Waals surface area contributed by atoms with Crippen LogP contribution in [0.25, 0.3) is 0 Å². The molecule has 1 aliphatic carbocycles. The molecule has 1 aromatic heterocycles. The molecule has 1 fully saturated rings. The molecule has 6 nitrogen and oxygen atoms in total. The molecular formula is C19H28N2O4S2. The van der Waals surface area contributed by atoms with Gasteiger partial charge in [0.2, 0.25) is 0 Å². The molecule has 1 saturated carbocycles. The Kier molecular flexibility index (Phi) is 6.86. The molecular weight excluding hydrogens is 384 g/mol. The van der Waals surface area contributed by atoms with Crippen LogP contribution in [0.2, 0.25) is 0 Å². The van der Waals surface area contributed by atoms with Gasteiger partial charge in [-0.3, -0.25) is 0 Å². The zero-order valence-electron chi connectivity index (χ0n) is 16.7. The van der Waals surface area contributed by atoms with Crippen molar-refractivity contribution in [3.05, 3.63) is 16.0 Å². The molecule has 27 heavy (non-hydrogen) atoms. The average Bonchev–Trinajstić information content (AvgIpc) is 2.87. The molecule has 2 rings (SSSR count). The lowest BCUT2D eigenvalue weighted by atomic mass is 9.71. The summed E-state index contributed by atoms with van der Waals surface area (Å²) in [4.78, 5) is 24.5. The minimum atomic E-state index is -0.517. The zero-order chi connectivity index (χ0) is 20.4. The van der Waals surface area contributed by atoms with E-state index in [1.54, 1.807) is 6.92 Å². The number of rotatable bonds is 4. The van der Waals surface area contributed by atoms with E-state index in [1.165, 1.54) is 20.6 Å².